The Morgan fingerprint density at radius 2 is 2.22 bits per heavy atom. The number of benzene rings is 1. The minimum absolute atomic E-state index is 0.687. The maximum Gasteiger partial charge on any atom is 0.166 e. The summed E-state index contributed by atoms with van der Waals surface area (Å²) in [5.74, 6) is 1.69. The third-order valence-corrected chi connectivity index (χ3v) is 2.83. The van der Waals surface area contributed by atoms with Crippen LogP contribution in [0.15, 0.2) is 30.6 Å². The van der Waals surface area contributed by atoms with Crippen LogP contribution in [0, 0.1) is 0 Å². The van der Waals surface area contributed by atoms with Crippen LogP contribution < -0.4 is 14.8 Å². The molecular formula is C13H15N3O2. The summed E-state index contributed by atoms with van der Waals surface area (Å²) in [4.78, 5) is 0. The fraction of sp³-hybridized carbons (Fsp3) is 0.308. The normalized spacial score (nSPS) is 14.0. The van der Waals surface area contributed by atoms with E-state index in [0.29, 0.717) is 19.8 Å². The van der Waals surface area contributed by atoms with Crippen molar-refractivity contribution >= 4 is 5.69 Å². The van der Waals surface area contributed by atoms with Gasteiger partial charge in [-0.15, -0.1) is 0 Å². The van der Waals surface area contributed by atoms with Gasteiger partial charge in [-0.1, -0.05) is 12.1 Å². The predicted octanol–water partition coefficient (Wildman–Crippen LogP) is 2.18. The first-order chi connectivity index (χ1) is 8.93. The van der Waals surface area contributed by atoms with Gasteiger partial charge in [0.05, 0.1) is 25.1 Å². The van der Waals surface area contributed by atoms with Crippen molar-refractivity contribution in [3.63, 3.8) is 0 Å². The van der Waals surface area contributed by atoms with Gasteiger partial charge in [-0.3, -0.25) is 5.10 Å². The summed E-state index contributed by atoms with van der Waals surface area (Å²) in [6.45, 7) is 2.10. The zero-order chi connectivity index (χ0) is 12.2. The highest BCUT2D eigenvalue weighted by molar-refractivity contribution is 5.49. The van der Waals surface area contributed by atoms with Crippen LogP contribution in [0.3, 0.4) is 0 Å². The summed E-state index contributed by atoms with van der Waals surface area (Å²) in [6.07, 6.45) is 4.49. The fourth-order valence-electron chi connectivity index (χ4n) is 1.94. The molecule has 1 aliphatic heterocycles. The van der Waals surface area contributed by atoms with Gasteiger partial charge in [0.2, 0.25) is 0 Å². The van der Waals surface area contributed by atoms with Gasteiger partial charge in [0, 0.05) is 24.7 Å². The summed E-state index contributed by atoms with van der Waals surface area (Å²) < 4.78 is 11.4. The second kappa shape index (κ2) is 5.00. The molecule has 0 unspecified atom stereocenters. The van der Waals surface area contributed by atoms with E-state index in [1.807, 2.05) is 24.4 Å². The minimum atomic E-state index is 0.687. The molecular weight excluding hydrogens is 230 g/mol. The molecule has 0 atom stereocenters. The zero-order valence-electron chi connectivity index (χ0n) is 9.98. The Morgan fingerprint density at radius 3 is 3.11 bits per heavy atom. The SMILES string of the molecule is c1cc(CNc2cn[nH]c2)c2c(c1)OCCCO2. The van der Waals surface area contributed by atoms with Gasteiger partial charge in [-0.25, -0.2) is 0 Å². The van der Waals surface area contributed by atoms with E-state index in [0.717, 1.165) is 29.2 Å². The number of nitrogens with one attached hydrogen (secondary N) is 2. The molecule has 0 saturated carbocycles. The van der Waals surface area contributed by atoms with Gasteiger partial charge in [-0.05, 0) is 6.07 Å². The van der Waals surface area contributed by atoms with Crippen molar-refractivity contribution in [3.8, 4) is 11.5 Å². The standard InChI is InChI=1S/C13H15N3O2/c1-3-10(7-14-11-8-15-16-9-11)13-12(4-1)17-5-2-6-18-13/h1,3-4,8-9,14H,2,5-7H2,(H,15,16). The fourth-order valence-corrected chi connectivity index (χ4v) is 1.94. The number of aromatic nitrogens is 2. The third-order valence-electron chi connectivity index (χ3n) is 2.83. The van der Waals surface area contributed by atoms with Crippen molar-refractivity contribution in [3.05, 3.63) is 36.2 Å². The molecule has 2 heterocycles. The Balaban J connectivity index is 1.79. The first-order valence-corrected chi connectivity index (χ1v) is 6.03. The summed E-state index contributed by atoms with van der Waals surface area (Å²) in [5, 5.41) is 9.95. The van der Waals surface area contributed by atoms with Crippen molar-refractivity contribution < 1.29 is 9.47 Å². The van der Waals surface area contributed by atoms with E-state index in [4.69, 9.17) is 9.47 Å². The third kappa shape index (κ3) is 2.25. The molecule has 5 heteroatoms. The highest BCUT2D eigenvalue weighted by Gasteiger charge is 2.14. The number of fused-ring (bicyclic) bond motifs is 1. The Labute approximate surface area is 105 Å². The molecule has 1 aromatic carbocycles. The lowest BCUT2D eigenvalue weighted by Gasteiger charge is -2.12. The highest BCUT2D eigenvalue weighted by atomic mass is 16.5. The Hall–Kier alpha value is -2.17. The Bertz CT molecular complexity index is 511. The number of H-pyrrole nitrogens is 1. The Morgan fingerprint density at radius 1 is 1.28 bits per heavy atom. The van der Waals surface area contributed by atoms with Crippen LogP contribution in [0.1, 0.15) is 12.0 Å². The van der Waals surface area contributed by atoms with Crippen molar-refractivity contribution in [1.29, 1.82) is 0 Å². The number of nitrogens with zero attached hydrogens (tertiary/aromatic N) is 1. The molecule has 5 nitrogen and oxygen atoms in total. The topological polar surface area (TPSA) is 59.2 Å². The summed E-state index contributed by atoms with van der Waals surface area (Å²) >= 11 is 0. The van der Waals surface area contributed by atoms with E-state index >= 15 is 0 Å². The van der Waals surface area contributed by atoms with Crippen molar-refractivity contribution in [2.45, 2.75) is 13.0 Å². The molecule has 1 aromatic heterocycles. The van der Waals surface area contributed by atoms with Gasteiger partial charge >= 0.3 is 0 Å². The monoisotopic (exact) mass is 245 g/mol. The van der Waals surface area contributed by atoms with Crippen LogP contribution in [-0.2, 0) is 6.54 Å². The van der Waals surface area contributed by atoms with E-state index in [-0.39, 0.29) is 0 Å². The number of hydrogen-bond acceptors (Lipinski definition) is 4. The molecule has 0 bridgehead atoms. The maximum atomic E-state index is 5.76. The number of para-hydroxylation sites is 1. The smallest absolute Gasteiger partial charge is 0.166 e. The average Bonchev–Trinajstić information content (AvgIpc) is 2.79. The lowest BCUT2D eigenvalue weighted by molar-refractivity contribution is 0.296. The molecule has 3 rings (SSSR count). The summed E-state index contributed by atoms with van der Waals surface area (Å²) in [6, 6.07) is 5.97. The largest absolute Gasteiger partial charge is 0.490 e. The van der Waals surface area contributed by atoms with Crippen LogP contribution in [0.25, 0.3) is 0 Å². The lowest BCUT2D eigenvalue weighted by atomic mass is 10.2. The number of rotatable bonds is 3. The van der Waals surface area contributed by atoms with E-state index in [9.17, 15) is 0 Å². The molecule has 0 radical (unpaired) electrons. The Kier molecular flexibility index (Phi) is 3.04. The quantitative estimate of drug-likeness (QED) is 0.870. The van der Waals surface area contributed by atoms with Gasteiger partial charge in [-0.2, -0.15) is 5.10 Å². The van der Waals surface area contributed by atoms with Crippen LogP contribution in [0.5, 0.6) is 11.5 Å². The molecule has 0 spiro atoms. The molecule has 2 aromatic rings. The van der Waals surface area contributed by atoms with E-state index in [2.05, 4.69) is 15.5 Å². The molecule has 18 heavy (non-hydrogen) atoms. The molecule has 0 aliphatic carbocycles. The minimum Gasteiger partial charge on any atom is -0.490 e. The zero-order valence-corrected chi connectivity index (χ0v) is 9.98. The van der Waals surface area contributed by atoms with E-state index in [1.165, 1.54) is 0 Å². The molecule has 0 fully saturated rings. The molecule has 2 N–H and O–H groups in total. The number of ether oxygens (including phenoxy) is 2. The summed E-state index contributed by atoms with van der Waals surface area (Å²) in [5.41, 5.74) is 2.05. The first-order valence-electron chi connectivity index (χ1n) is 6.03. The summed E-state index contributed by atoms with van der Waals surface area (Å²) in [7, 11) is 0. The van der Waals surface area contributed by atoms with Gasteiger partial charge in [0.15, 0.2) is 11.5 Å². The van der Waals surface area contributed by atoms with Crippen LogP contribution in [0.2, 0.25) is 0 Å². The molecule has 94 valence electrons. The second-order valence-corrected chi connectivity index (χ2v) is 4.14. The maximum absolute atomic E-state index is 5.76. The van der Waals surface area contributed by atoms with Crippen molar-refractivity contribution in [1.82, 2.24) is 10.2 Å². The highest BCUT2D eigenvalue weighted by Crippen LogP contribution is 2.33. The van der Waals surface area contributed by atoms with Gasteiger partial charge in [0.1, 0.15) is 0 Å². The van der Waals surface area contributed by atoms with E-state index in [1.54, 1.807) is 6.20 Å². The van der Waals surface area contributed by atoms with Crippen LogP contribution in [0.4, 0.5) is 5.69 Å². The molecule has 0 amide bonds. The van der Waals surface area contributed by atoms with E-state index < -0.39 is 0 Å². The molecule has 0 saturated heterocycles. The van der Waals surface area contributed by atoms with Crippen molar-refractivity contribution in [2.24, 2.45) is 0 Å². The number of anilines is 1. The first kappa shape index (κ1) is 11.0. The molecule has 1 aliphatic rings. The second-order valence-electron chi connectivity index (χ2n) is 4.14. The van der Waals surface area contributed by atoms with Crippen LogP contribution in [-0.4, -0.2) is 23.4 Å². The van der Waals surface area contributed by atoms with Gasteiger partial charge < -0.3 is 14.8 Å². The van der Waals surface area contributed by atoms with Crippen molar-refractivity contribution in [2.75, 3.05) is 18.5 Å². The van der Waals surface area contributed by atoms with Gasteiger partial charge in [0.25, 0.3) is 0 Å². The predicted molar refractivity (Wildman–Crippen MR) is 68.0 cm³/mol. The average molecular weight is 245 g/mol. The number of hydrogen-bond donors (Lipinski definition) is 2. The number of aromatic amines is 1. The lowest BCUT2D eigenvalue weighted by Crippen LogP contribution is -2.03. The van der Waals surface area contributed by atoms with Crippen LogP contribution >= 0.6 is 0 Å².